The van der Waals surface area contributed by atoms with Crippen LogP contribution in [0.1, 0.15) is 23.6 Å². The molecule has 0 aromatic heterocycles. The zero-order valence-corrected chi connectivity index (χ0v) is 17.0. The molecule has 1 aliphatic heterocycles. The number of anilines is 1. The van der Waals surface area contributed by atoms with E-state index in [-0.39, 0.29) is 0 Å². The smallest absolute Gasteiger partial charge is 0.326 e. The van der Waals surface area contributed by atoms with Crippen LogP contribution in [0.4, 0.5) is 10.5 Å². The first kappa shape index (κ1) is 21.0. The lowest BCUT2D eigenvalue weighted by atomic mass is 9.91. The third-order valence-corrected chi connectivity index (χ3v) is 4.97. The van der Waals surface area contributed by atoms with E-state index in [4.69, 9.17) is 4.74 Å². The molecule has 0 unspecified atom stereocenters. The molecule has 1 heterocycles. The van der Waals surface area contributed by atoms with Crippen LogP contribution in [0.25, 0.3) is 0 Å². The highest BCUT2D eigenvalue weighted by Crippen LogP contribution is 2.28. The van der Waals surface area contributed by atoms with Gasteiger partial charge in [-0.05, 0) is 38.0 Å². The van der Waals surface area contributed by atoms with Gasteiger partial charge in [0.15, 0.2) is 6.61 Å². The fourth-order valence-corrected chi connectivity index (χ4v) is 3.14. The molecule has 0 saturated carbocycles. The summed E-state index contributed by atoms with van der Waals surface area (Å²) in [6.45, 7) is 4.23. The van der Waals surface area contributed by atoms with Gasteiger partial charge >= 0.3 is 12.0 Å². The van der Waals surface area contributed by atoms with Gasteiger partial charge in [0.25, 0.3) is 11.8 Å². The Morgan fingerprint density at radius 3 is 2.40 bits per heavy atom. The molecule has 2 aromatic carbocycles. The number of carbonyl (C=O) groups excluding carboxylic acids is 4. The van der Waals surface area contributed by atoms with Crippen molar-refractivity contribution in [1.29, 1.82) is 0 Å². The van der Waals surface area contributed by atoms with Gasteiger partial charge in [-0.15, -0.1) is 0 Å². The average molecular weight is 409 g/mol. The van der Waals surface area contributed by atoms with Crippen molar-refractivity contribution < 1.29 is 23.9 Å². The minimum atomic E-state index is -1.27. The van der Waals surface area contributed by atoms with Crippen molar-refractivity contribution in [3.05, 3.63) is 65.2 Å². The number of hydrogen-bond acceptors (Lipinski definition) is 5. The van der Waals surface area contributed by atoms with Gasteiger partial charge in [-0.1, -0.05) is 48.0 Å². The molecule has 30 heavy (non-hydrogen) atoms. The minimum absolute atomic E-state index is 0.514. The Morgan fingerprint density at radius 1 is 1.07 bits per heavy atom. The molecule has 2 N–H and O–H groups in total. The van der Waals surface area contributed by atoms with Crippen molar-refractivity contribution in [3.63, 3.8) is 0 Å². The first-order chi connectivity index (χ1) is 14.2. The summed E-state index contributed by atoms with van der Waals surface area (Å²) in [6, 6.07) is 13.7. The predicted molar refractivity (Wildman–Crippen MR) is 110 cm³/mol. The van der Waals surface area contributed by atoms with Crippen LogP contribution in [0, 0.1) is 13.8 Å². The zero-order valence-electron chi connectivity index (χ0n) is 17.0. The normalized spacial score (nSPS) is 18.2. The molecule has 1 saturated heterocycles. The van der Waals surface area contributed by atoms with E-state index in [0.29, 0.717) is 11.3 Å². The minimum Gasteiger partial charge on any atom is -0.454 e. The van der Waals surface area contributed by atoms with E-state index in [2.05, 4.69) is 10.6 Å². The Balaban J connectivity index is 1.58. The molecular weight excluding hydrogens is 386 g/mol. The van der Waals surface area contributed by atoms with Crippen LogP contribution in [0.3, 0.4) is 0 Å². The Labute approximate surface area is 174 Å². The van der Waals surface area contributed by atoms with Gasteiger partial charge in [-0.2, -0.15) is 0 Å². The van der Waals surface area contributed by atoms with Crippen LogP contribution in [-0.4, -0.2) is 41.9 Å². The molecule has 4 amide bonds. The summed E-state index contributed by atoms with van der Waals surface area (Å²) in [5, 5.41) is 5.27. The number of nitrogens with one attached hydrogen (secondary N) is 2. The molecular formula is C22H23N3O5. The summed E-state index contributed by atoms with van der Waals surface area (Å²) in [5.74, 6) is -1.93. The lowest BCUT2D eigenvalue weighted by Gasteiger charge is -2.22. The second kappa shape index (κ2) is 8.36. The van der Waals surface area contributed by atoms with Crippen molar-refractivity contribution in [1.82, 2.24) is 10.2 Å². The van der Waals surface area contributed by atoms with Crippen LogP contribution in [0.5, 0.6) is 0 Å². The van der Waals surface area contributed by atoms with E-state index in [1.807, 2.05) is 38.1 Å². The first-order valence-electron chi connectivity index (χ1n) is 9.43. The number of imide groups is 1. The summed E-state index contributed by atoms with van der Waals surface area (Å²) in [4.78, 5) is 50.1. The maximum atomic E-state index is 12.8. The number of amides is 4. The summed E-state index contributed by atoms with van der Waals surface area (Å²) in [7, 11) is 0. The second-order valence-electron chi connectivity index (χ2n) is 7.34. The Hall–Kier alpha value is -3.68. The van der Waals surface area contributed by atoms with Gasteiger partial charge in [-0.25, -0.2) is 4.79 Å². The Bertz CT molecular complexity index is 1000. The number of aryl methyl sites for hydroxylation is 2. The number of para-hydroxylation sites is 1. The molecule has 1 aliphatic rings. The fourth-order valence-electron chi connectivity index (χ4n) is 3.14. The van der Waals surface area contributed by atoms with Gasteiger partial charge in [0.2, 0.25) is 0 Å². The van der Waals surface area contributed by atoms with E-state index in [0.717, 1.165) is 16.0 Å². The maximum absolute atomic E-state index is 12.8. The quantitative estimate of drug-likeness (QED) is 0.562. The lowest BCUT2D eigenvalue weighted by molar-refractivity contribution is -0.150. The average Bonchev–Trinajstić information content (AvgIpc) is 2.92. The monoisotopic (exact) mass is 409 g/mol. The number of hydrogen-bond donors (Lipinski definition) is 2. The van der Waals surface area contributed by atoms with Crippen molar-refractivity contribution >= 4 is 29.5 Å². The van der Waals surface area contributed by atoms with Gasteiger partial charge in [0, 0.05) is 5.69 Å². The number of benzene rings is 2. The predicted octanol–water partition coefficient (Wildman–Crippen LogP) is 2.25. The van der Waals surface area contributed by atoms with Crippen LogP contribution >= 0.6 is 0 Å². The van der Waals surface area contributed by atoms with Crippen LogP contribution in [-0.2, 0) is 24.7 Å². The lowest BCUT2D eigenvalue weighted by Crippen LogP contribution is -2.41. The standard InChI is InChI=1S/C22H23N3O5/c1-14-8-10-16(11-9-14)22(3)20(28)25(21(29)24-22)12-19(27)30-13-18(26)23-17-7-5-4-6-15(17)2/h4-11H,12-13H2,1-3H3,(H,23,26)(H,24,29)/t22-/m0/s1. The molecule has 0 bridgehead atoms. The number of carbonyl (C=O) groups is 4. The highest BCUT2D eigenvalue weighted by atomic mass is 16.5. The topological polar surface area (TPSA) is 105 Å². The number of urea groups is 1. The van der Waals surface area contributed by atoms with Gasteiger partial charge < -0.3 is 15.4 Å². The SMILES string of the molecule is Cc1ccc([C@]2(C)NC(=O)N(CC(=O)OCC(=O)Nc3ccccc3C)C2=O)cc1. The van der Waals surface area contributed by atoms with Crippen molar-refractivity contribution in [2.45, 2.75) is 26.3 Å². The second-order valence-corrected chi connectivity index (χ2v) is 7.34. The van der Waals surface area contributed by atoms with Gasteiger partial charge in [-0.3, -0.25) is 19.3 Å². The summed E-state index contributed by atoms with van der Waals surface area (Å²) in [5.41, 5.74) is 1.84. The van der Waals surface area contributed by atoms with E-state index in [9.17, 15) is 19.2 Å². The highest BCUT2D eigenvalue weighted by molar-refractivity contribution is 6.09. The van der Waals surface area contributed by atoms with Crippen molar-refractivity contribution in [2.75, 3.05) is 18.5 Å². The number of rotatable bonds is 6. The maximum Gasteiger partial charge on any atom is 0.326 e. The molecule has 2 aromatic rings. The summed E-state index contributed by atoms with van der Waals surface area (Å²) in [6.07, 6.45) is 0. The van der Waals surface area contributed by atoms with Crippen molar-refractivity contribution in [2.24, 2.45) is 0 Å². The number of esters is 1. The third-order valence-electron chi connectivity index (χ3n) is 4.97. The van der Waals surface area contributed by atoms with E-state index in [1.54, 1.807) is 31.2 Å². The molecule has 156 valence electrons. The van der Waals surface area contributed by atoms with Crippen molar-refractivity contribution in [3.8, 4) is 0 Å². The Morgan fingerprint density at radius 2 is 1.73 bits per heavy atom. The van der Waals surface area contributed by atoms with E-state index in [1.165, 1.54) is 0 Å². The fraction of sp³-hybridized carbons (Fsp3) is 0.273. The number of nitrogens with zero attached hydrogens (tertiary/aromatic N) is 1. The van der Waals surface area contributed by atoms with Crippen LogP contribution < -0.4 is 10.6 Å². The van der Waals surface area contributed by atoms with E-state index >= 15 is 0 Å². The van der Waals surface area contributed by atoms with Gasteiger partial charge in [0.1, 0.15) is 12.1 Å². The van der Waals surface area contributed by atoms with Gasteiger partial charge in [0.05, 0.1) is 0 Å². The molecule has 3 rings (SSSR count). The highest BCUT2D eigenvalue weighted by Gasteiger charge is 2.49. The summed E-state index contributed by atoms with van der Waals surface area (Å²) >= 11 is 0. The van der Waals surface area contributed by atoms with E-state index < -0.39 is 42.5 Å². The number of ether oxygens (including phenoxy) is 1. The molecule has 0 spiro atoms. The molecule has 1 fully saturated rings. The first-order valence-corrected chi connectivity index (χ1v) is 9.43. The molecule has 1 atom stereocenters. The van der Waals surface area contributed by atoms with Crippen LogP contribution in [0.2, 0.25) is 0 Å². The molecule has 0 aliphatic carbocycles. The third kappa shape index (κ3) is 4.32. The largest absolute Gasteiger partial charge is 0.454 e. The summed E-state index contributed by atoms with van der Waals surface area (Å²) < 4.78 is 4.94. The molecule has 8 nitrogen and oxygen atoms in total. The molecule has 8 heteroatoms. The molecule has 0 radical (unpaired) electrons. The zero-order chi connectivity index (χ0) is 21.9. The van der Waals surface area contributed by atoms with Crippen LogP contribution in [0.15, 0.2) is 48.5 Å². The Kier molecular flexibility index (Phi) is 5.86.